The number of Topliss-reactive ketones (excluding diaryl/α,β-unsaturated/α-hetero) is 1. The predicted molar refractivity (Wildman–Crippen MR) is 51.8 cm³/mol. The molecule has 0 amide bonds. The fourth-order valence-corrected chi connectivity index (χ4v) is 1.47. The molecule has 0 aliphatic carbocycles. The Morgan fingerprint density at radius 3 is 2.85 bits per heavy atom. The standard InChI is InChI=1S/C9H11BrO3/c1-3-7(12-2)8(11)9-6(10)4-5-13-9/h4-5,7H,3H2,1-2H3. The summed E-state index contributed by atoms with van der Waals surface area (Å²) in [7, 11) is 1.52. The van der Waals surface area contributed by atoms with Crippen molar-refractivity contribution in [1.29, 1.82) is 0 Å². The molecule has 1 rings (SSSR count). The van der Waals surface area contributed by atoms with Crippen LogP contribution in [0.1, 0.15) is 23.9 Å². The van der Waals surface area contributed by atoms with Gasteiger partial charge in [0.25, 0.3) is 0 Å². The number of rotatable bonds is 4. The zero-order valence-corrected chi connectivity index (χ0v) is 9.13. The molecule has 1 atom stereocenters. The summed E-state index contributed by atoms with van der Waals surface area (Å²) >= 11 is 3.22. The van der Waals surface area contributed by atoms with E-state index in [1.165, 1.54) is 13.4 Å². The van der Waals surface area contributed by atoms with E-state index < -0.39 is 6.10 Å². The van der Waals surface area contributed by atoms with Crippen LogP contribution in [0.2, 0.25) is 0 Å². The summed E-state index contributed by atoms with van der Waals surface area (Å²) in [4.78, 5) is 11.6. The number of halogens is 1. The van der Waals surface area contributed by atoms with Gasteiger partial charge in [-0.2, -0.15) is 0 Å². The second kappa shape index (κ2) is 4.58. The van der Waals surface area contributed by atoms with Gasteiger partial charge in [0.1, 0.15) is 6.10 Å². The molecule has 1 aromatic heterocycles. The Labute approximate surface area is 85.2 Å². The zero-order valence-electron chi connectivity index (χ0n) is 7.54. The minimum absolute atomic E-state index is 0.123. The van der Waals surface area contributed by atoms with Gasteiger partial charge in [-0.25, -0.2) is 0 Å². The highest BCUT2D eigenvalue weighted by Gasteiger charge is 2.22. The van der Waals surface area contributed by atoms with Gasteiger partial charge in [-0.15, -0.1) is 0 Å². The Morgan fingerprint density at radius 1 is 1.77 bits per heavy atom. The van der Waals surface area contributed by atoms with Crippen molar-refractivity contribution in [3.05, 3.63) is 22.6 Å². The first-order chi connectivity index (χ1) is 6.20. The Kier molecular flexibility index (Phi) is 3.69. The molecule has 0 aliphatic rings. The van der Waals surface area contributed by atoms with Gasteiger partial charge in [-0.1, -0.05) is 6.92 Å². The minimum atomic E-state index is -0.414. The molecule has 13 heavy (non-hydrogen) atoms. The topological polar surface area (TPSA) is 39.4 Å². The van der Waals surface area contributed by atoms with Crippen LogP contribution in [-0.2, 0) is 4.74 Å². The van der Waals surface area contributed by atoms with E-state index in [0.717, 1.165) is 0 Å². The monoisotopic (exact) mass is 246 g/mol. The normalized spacial score (nSPS) is 12.8. The molecule has 1 unspecified atom stereocenters. The lowest BCUT2D eigenvalue weighted by Crippen LogP contribution is -2.21. The van der Waals surface area contributed by atoms with Gasteiger partial charge in [-0.05, 0) is 28.4 Å². The SMILES string of the molecule is CCC(OC)C(=O)c1occc1Br. The van der Waals surface area contributed by atoms with Gasteiger partial charge in [0.2, 0.25) is 5.78 Å². The van der Waals surface area contributed by atoms with Crippen LogP contribution in [-0.4, -0.2) is 19.0 Å². The van der Waals surface area contributed by atoms with E-state index in [2.05, 4.69) is 15.9 Å². The van der Waals surface area contributed by atoms with Gasteiger partial charge in [0.05, 0.1) is 10.7 Å². The molecule has 1 aromatic rings. The lowest BCUT2D eigenvalue weighted by molar-refractivity contribution is 0.0567. The summed E-state index contributed by atoms with van der Waals surface area (Å²) in [5, 5.41) is 0. The highest BCUT2D eigenvalue weighted by molar-refractivity contribution is 9.10. The van der Waals surface area contributed by atoms with Crippen molar-refractivity contribution in [2.75, 3.05) is 7.11 Å². The summed E-state index contributed by atoms with van der Waals surface area (Å²) in [5.74, 6) is 0.204. The largest absolute Gasteiger partial charge is 0.460 e. The van der Waals surface area contributed by atoms with E-state index in [4.69, 9.17) is 9.15 Å². The summed E-state index contributed by atoms with van der Waals surface area (Å²) in [6.45, 7) is 1.89. The smallest absolute Gasteiger partial charge is 0.227 e. The second-order valence-corrected chi connectivity index (χ2v) is 3.45. The molecular weight excluding hydrogens is 236 g/mol. The Hall–Kier alpha value is -0.610. The van der Waals surface area contributed by atoms with Crippen LogP contribution < -0.4 is 0 Å². The molecule has 3 nitrogen and oxygen atoms in total. The van der Waals surface area contributed by atoms with Crippen molar-refractivity contribution in [3.8, 4) is 0 Å². The van der Waals surface area contributed by atoms with E-state index in [1.807, 2.05) is 6.92 Å². The predicted octanol–water partition coefficient (Wildman–Crippen LogP) is 2.65. The van der Waals surface area contributed by atoms with E-state index >= 15 is 0 Å². The molecule has 0 spiro atoms. The number of methoxy groups -OCH3 is 1. The number of carbonyl (C=O) groups is 1. The number of ether oxygens (including phenoxy) is 1. The van der Waals surface area contributed by atoms with Gasteiger partial charge in [0.15, 0.2) is 5.76 Å². The molecular formula is C9H11BrO3. The number of furan rings is 1. The molecule has 0 aromatic carbocycles. The Balaban J connectivity index is 2.84. The van der Waals surface area contributed by atoms with Crippen molar-refractivity contribution >= 4 is 21.7 Å². The average molecular weight is 247 g/mol. The quantitative estimate of drug-likeness (QED) is 0.768. The van der Waals surface area contributed by atoms with E-state index in [1.54, 1.807) is 6.07 Å². The van der Waals surface area contributed by atoms with E-state index in [-0.39, 0.29) is 5.78 Å². The van der Waals surface area contributed by atoms with E-state index in [9.17, 15) is 4.79 Å². The second-order valence-electron chi connectivity index (χ2n) is 2.59. The van der Waals surface area contributed by atoms with Crippen LogP contribution in [0.25, 0.3) is 0 Å². The Bertz CT molecular complexity index is 289. The number of ketones is 1. The number of carbonyl (C=O) groups excluding carboxylic acids is 1. The van der Waals surface area contributed by atoms with Crippen LogP contribution in [0.4, 0.5) is 0 Å². The van der Waals surface area contributed by atoms with Crippen LogP contribution in [0.5, 0.6) is 0 Å². The molecule has 4 heteroatoms. The molecule has 0 N–H and O–H groups in total. The minimum Gasteiger partial charge on any atom is -0.460 e. The summed E-state index contributed by atoms with van der Waals surface area (Å²) < 4.78 is 10.7. The molecule has 0 radical (unpaired) electrons. The summed E-state index contributed by atoms with van der Waals surface area (Å²) in [6.07, 6.45) is 1.70. The molecule has 1 heterocycles. The molecule has 72 valence electrons. The highest BCUT2D eigenvalue weighted by Crippen LogP contribution is 2.20. The van der Waals surface area contributed by atoms with Gasteiger partial charge in [0, 0.05) is 7.11 Å². The highest BCUT2D eigenvalue weighted by atomic mass is 79.9. The van der Waals surface area contributed by atoms with Gasteiger partial charge in [-0.3, -0.25) is 4.79 Å². The third-order valence-corrected chi connectivity index (χ3v) is 2.41. The van der Waals surface area contributed by atoms with Crippen LogP contribution in [0.15, 0.2) is 21.2 Å². The van der Waals surface area contributed by atoms with Crippen molar-refractivity contribution < 1.29 is 13.9 Å². The zero-order chi connectivity index (χ0) is 9.84. The lowest BCUT2D eigenvalue weighted by atomic mass is 10.1. The molecule has 0 saturated heterocycles. The third kappa shape index (κ3) is 2.19. The van der Waals surface area contributed by atoms with Gasteiger partial charge >= 0.3 is 0 Å². The van der Waals surface area contributed by atoms with Crippen LogP contribution >= 0.6 is 15.9 Å². The van der Waals surface area contributed by atoms with Crippen molar-refractivity contribution in [2.45, 2.75) is 19.4 Å². The Morgan fingerprint density at radius 2 is 2.46 bits per heavy atom. The first kappa shape index (κ1) is 10.5. The summed E-state index contributed by atoms with van der Waals surface area (Å²) in [6, 6.07) is 1.69. The van der Waals surface area contributed by atoms with Crippen molar-refractivity contribution in [2.24, 2.45) is 0 Å². The number of hydrogen-bond acceptors (Lipinski definition) is 3. The van der Waals surface area contributed by atoms with Crippen molar-refractivity contribution in [3.63, 3.8) is 0 Å². The molecule has 0 aliphatic heterocycles. The maximum absolute atomic E-state index is 11.6. The van der Waals surface area contributed by atoms with Crippen molar-refractivity contribution in [1.82, 2.24) is 0 Å². The first-order valence-electron chi connectivity index (χ1n) is 4.00. The maximum atomic E-state index is 11.6. The number of hydrogen-bond donors (Lipinski definition) is 0. The lowest BCUT2D eigenvalue weighted by Gasteiger charge is -2.09. The fourth-order valence-electron chi connectivity index (χ4n) is 1.07. The fraction of sp³-hybridized carbons (Fsp3) is 0.444. The molecule has 0 bridgehead atoms. The van der Waals surface area contributed by atoms with Crippen LogP contribution in [0, 0.1) is 0 Å². The maximum Gasteiger partial charge on any atom is 0.227 e. The van der Waals surface area contributed by atoms with Gasteiger partial charge < -0.3 is 9.15 Å². The van der Waals surface area contributed by atoms with Crippen LogP contribution in [0.3, 0.4) is 0 Å². The summed E-state index contributed by atoms with van der Waals surface area (Å²) in [5.41, 5.74) is 0. The molecule has 0 fully saturated rings. The third-order valence-electron chi connectivity index (χ3n) is 1.79. The molecule has 0 saturated carbocycles. The average Bonchev–Trinajstić information content (AvgIpc) is 2.53. The van der Waals surface area contributed by atoms with E-state index in [0.29, 0.717) is 16.7 Å². The first-order valence-corrected chi connectivity index (χ1v) is 4.80.